The summed E-state index contributed by atoms with van der Waals surface area (Å²) in [4.78, 5) is 10.6. The summed E-state index contributed by atoms with van der Waals surface area (Å²) < 4.78 is 0. The van der Waals surface area contributed by atoms with Gasteiger partial charge in [0, 0.05) is 42.6 Å². The first-order chi connectivity index (χ1) is 8.72. The first kappa shape index (κ1) is 10.8. The van der Waals surface area contributed by atoms with Crippen LogP contribution >= 0.6 is 0 Å². The molecule has 1 aromatic carbocycles. The van der Waals surface area contributed by atoms with Crippen molar-refractivity contribution in [3.63, 3.8) is 0 Å². The number of nitrogen functional groups attached to an aromatic ring is 2. The highest BCUT2D eigenvalue weighted by Gasteiger charge is 2.18. The molecule has 2 aromatic rings. The zero-order chi connectivity index (χ0) is 12.5. The minimum atomic E-state index is 0.356. The van der Waals surface area contributed by atoms with Gasteiger partial charge in [-0.3, -0.25) is 0 Å². The number of hydrogen-bond acceptors (Lipinski definition) is 5. The average Bonchev–Trinajstić information content (AvgIpc) is 2.39. The van der Waals surface area contributed by atoms with Crippen molar-refractivity contribution >= 4 is 17.3 Å². The zero-order valence-electron chi connectivity index (χ0n) is 10.0. The lowest BCUT2D eigenvalue weighted by Crippen LogP contribution is -2.31. The predicted octanol–water partition coefficient (Wildman–Crippen LogP) is 1.20. The second-order valence-corrected chi connectivity index (χ2v) is 4.46. The van der Waals surface area contributed by atoms with Gasteiger partial charge in [0.25, 0.3) is 0 Å². The summed E-state index contributed by atoms with van der Waals surface area (Å²) in [6, 6.07) is 7.92. The molecule has 0 fully saturated rings. The SMILES string of the molecule is Nc1ccc(N2CCc3nc(N)ncc3C2)cc1. The highest BCUT2D eigenvalue weighted by molar-refractivity contribution is 5.54. The number of benzene rings is 1. The number of rotatable bonds is 1. The van der Waals surface area contributed by atoms with Crippen molar-refractivity contribution in [1.29, 1.82) is 0 Å². The van der Waals surface area contributed by atoms with E-state index in [1.54, 1.807) is 0 Å². The molecule has 4 N–H and O–H groups in total. The molecular formula is C13H15N5. The Balaban J connectivity index is 1.86. The van der Waals surface area contributed by atoms with Crippen molar-refractivity contribution < 1.29 is 0 Å². The van der Waals surface area contributed by atoms with Crippen LogP contribution in [0.5, 0.6) is 0 Å². The Bertz CT molecular complexity index is 564. The number of nitrogens with zero attached hydrogens (tertiary/aromatic N) is 3. The molecule has 5 nitrogen and oxygen atoms in total. The maximum absolute atomic E-state index is 5.70. The molecule has 92 valence electrons. The van der Waals surface area contributed by atoms with Crippen LogP contribution in [0.15, 0.2) is 30.5 Å². The lowest BCUT2D eigenvalue weighted by molar-refractivity contribution is 0.707. The van der Waals surface area contributed by atoms with Crippen LogP contribution in [0.1, 0.15) is 11.3 Å². The van der Waals surface area contributed by atoms with E-state index in [4.69, 9.17) is 11.5 Å². The van der Waals surface area contributed by atoms with Gasteiger partial charge in [0.05, 0.1) is 5.69 Å². The fraction of sp³-hybridized carbons (Fsp3) is 0.231. The summed E-state index contributed by atoms with van der Waals surface area (Å²) >= 11 is 0. The molecule has 0 bridgehead atoms. The smallest absolute Gasteiger partial charge is 0.220 e. The molecule has 1 aliphatic rings. The van der Waals surface area contributed by atoms with Crippen LogP contribution in [0.4, 0.5) is 17.3 Å². The Morgan fingerprint density at radius 3 is 2.67 bits per heavy atom. The molecule has 0 aliphatic carbocycles. The molecule has 0 saturated carbocycles. The van der Waals surface area contributed by atoms with E-state index in [1.807, 2.05) is 30.5 Å². The molecule has 0 saturated heterocycles. The van der Waals surface area contributed by atoms with Crippen LogP contribution in [0.2, 0.25) is 0 Å². The van der Waals surface area contributed by atoms with Crippen molar-refractivity contribution in [1.82, 2.24) is 9.97 Å². The molecule has 1 aliphatic heterocycles. The summed E-state index contributed by atoms with van der Waals surface area (Å²) in [6.45, 7) is 1.76. The van der Waals surface area contributed by atoms with Crippen LogP contribution in [-0.4, -0.2) is 16.5 Å². The first-order valence-electron chi connectivity index (χ1n) is 5.93. The van der Waals surface area contributed by atoms with Gasteiger partial charge in [-0.05, 0) is 24.3 Å². The Morgan fingerprint density at radius 2 is 1.89 bits per heavy atom. The van der Waals surface area contributed by atoms with Gasteiger partial charge < -0.3 is 16.4 Å². The molecule has 5 heteroatoms. The monoisotopic (exact) mass is 241 g/mol. The van der Waals surface area contributed by atoms with Gasteiger partial charge in [0.1, 0.15) is 0 Å². The zero-order valence-corrected chi connectivity index (χ0v) is 10.0. The largest absolute Gasteiger partial charge is 0.399 e. The molecular weight excluding hydrogens is 226 g/mol. The summed E-state index contributed by atoms with van der Waals surface area (Å²) in [5.41, 5.74) is 15.5. The third-order valence-corrected chi connectivity index (χ3v) is 3.21. The number of hydrogen-bond donors (Lipinski definition) is 2. The molecule has 0 atom stereocenters. The van der Waals surface area contributed by atoms with E-state index in [2.05, 4.69) is 14.9 Å². The molecule has 0 unspecified atom stereocenters. The van der Waals surface area contributed by atoms with Crippen LogP contribution < -0.4 is 16.4 Å². The van der Waals surface area contributed by atoms with E-state index in [0.717, 1.165) is 36.5 Å². The Hall–Kier alpha value is -2.30. The summed E-state index contributed by atoms with van der Waals surface area (Å²) in [6.07, 6.45) is 2.72. The van der Waals surface area contributed by atoms with E-state index in [9.17, 15) is 0 Å². The van der Waals surface area contributed by atoms with Gasteiger partial charge in [-0.2, -0.15) is 0 Å². The van der Waals surface area contributed by atoms with E-state index in [1.165, 1.54) is 5.69 Å². The summed E-state index contributed by atoms with van der Waals surface area (Å²) in [5.74, 6) is 0.356. The maximum Gasteiger partial charge on any atom is 0.220 e. The normalized spacial score (nSPS) is 14.3. The number of fused-ring (bicyclic) bond motifs is 1. The second-order valence-electron chi connectivity index (χ2n) is 4.46. The molecule has 0 spiro atoms. The van der Waals surface area contributed by atoms with Crippen LogP contribution in [0.3, 0.4) is 0 Å². The van der Waals surface area contributed by atoms with Crippen molar-refractivity contribution in [2.24, 2.45) is 0 Å². The van der Waals surface area contributed by atoms with Crippen LogP contribution in [0.25, 0.3) is 0 Å². The van der Waals surface area contributed by atoms with Gasteiger partial charge in [-0.15, -0.1) is 0 Å². The Kier molecular flexibility index (Phi) is 2.51. The van der Waals surface area contributed by atoms with Gasteiger partial charge in [0.15, 0.2) is 0 Å². The fourth-order valence-corrected chi connectivity index (χ4v) is 2.24. The summed E-state index contributed by atoms with van der Waals surface area (Å²) in [5, 5.41) is 0. The quantitative estimate of drug-likeness (QED) is 0.733. The van der Waals surface area contributed by atoms with E-state index in [0.29, 0.717) is 5.95 Å². The van der Waals surface area contributed by atoms with Crippen molar-refractivity contribution in [2.45, 2.75) is 13.0 Å². The molecule has 3 rings (SSSR count). The second kappa shape index (κ2) is 4.18. The van der Waals surface area contributed by atoms with Crippen LogP contribution in [-0.2, 0) is 13.0 Å². The lowest BCUT2D eigenvalue weighted by Gasteiger charge is -2.29. The minimum Gasteiger partial charge on any atom is -0.399 e. The fourth-order valence-electron chi connectivity index (χ4n) is 2.24. The predicted molar refractivity (Wildman–Crippen MR) is 72.1 cm³/mol. The van der Waals surface area contributed by atoms with Crippen molar-refractivity contribution in [3.05, 3.63) is 41.7 Å². The highest BCUT2D eigenvalue weighted by Crippen LogP contribution is 2.24. The van der Waals surface area contributed by atoms with E-state index < -0.39 is 0 Å². The Morgan fingerprint density at radius 1 is 1.11 bits per heavy atom. The van der Waals surface area contributed by atoms with Gasteiger partial charge in [0.2, 0.25) is 5.95 Å². The highest BCUT2D eigenvalue weighted by atomic mass is 15.1. The van der Waals surface area contributed by atoms with Gasteiger partial charge >= 0.3 is 0 Å². The molecule has 0 radical (unpaired) electrons. The first-order valence-corrected chi connectivity index (χ1v) is 5.93. The Labute approximate surface area is 105 Å². The topological polar surface area (TPSA) is 81.1 Å². The molecule has 0 amide bonds. The number of anilines is 3. The lowest BCUT2D eigenvalue weighted by atomic mass is 10.1. The third-order valence-electron chi connectivity index (χ3n) is 3.21. The molecule has 2 heterocycles. The average molecular weight is 241 g/mol. The minimum absolute atomic E-state index is 0.356. The van der Waals surface area contributed by atoms with Gasteiger partial charge in [-0.25, -0.2) is 9.97 Å². The summed E-state index contributed by atoms with van der Waals surface area (Å²) in [7, 11) is 0. The molecule has 18 heavy (non-hydrogen) atoms. The standard InChI is InChI=1S/C13H15N5/c14-10-1-3-11(4-2-10)18-6-5-12-9(8-18)7-16-13(15)17-12/h1-4,7H,5-6,8,14H2,(H2,15,16,17). The van der Waals surface area contributed by atoms with Crippen LogP contribution in [0, 0.1) is 0 Å². The third kappa shape index (κ3) is 1.95. The number of aromatic nitrogens is 2. The molecule has 1 aromatic heterocycles. The van der Waals surface area contributed by atoms with E-state index in [-0.39, 0.29) is 0 Å². The van der Waals surface area contributed by atoms with E-state index >= 15 is 0 Å². The number of nitrogens with two attached hydrogens (primary N) is 2. The van der Waals surface area contributed by atoms with Crippen molar-refractivity contribution in [3.8, 4) is 0 Å². The maximum atomic E-state index is 5.70. The van der Waals surface area contributed by atoms with Gasteiger partial charge in [-0.1, -0.05) is 0 Å². The van der Waals surface area contributed by atoms with Crippen molar-refractivity contribution in [2.75, 3.05) is 22.9 Å².